The number of hydrogen-bond acceptors (Lipinski definition) is 4. The molecule has 21 heavy (non-hydrogen) atoms. The Morgan fingerprint density at radius 3 is 2.43 bits per heavy atom. The van der Waals surface area contributed by atoms with E-state index in [4.69, 9.17) is 11.6 Å². The van der Waals surface area contributed by atoms with E-state index in [0.29, 0.717) is 9.85 Å². The van der Waals surface area contributed by atoms with Crippen molar-refractivity contribution in [3.05, 3.63) is 38.9 Å². The van der Waals surface area contributed by atoms with Gasteiger partial charge in [0.05, 0.1) is 20.7 Å². The van der Waals surface area contributed by atoms with Gasteiger partial charge in [0.15, 0.2) is 0 Å². The minimum absolute atomic E-state index is 0.0701. The molecular weight excluding hydrogens is 417 g/mol. The van der Waals surface area contributed by atoms with Crippen molar-refractivity contribution in [3.8, 4) is 0 Å². The Morgan fingerprint density at radius 2 is 2.00 bits per heavy atom. The molecule has 0 aliphatic rings. The zero-order chi connectivity index (χ0) is 15.8. The highest BCUT2D eigenvalue weighted by Crippen LogP contribution is 2.35. The maximum Gasteiger partial charge on any atom is 0.433 e. The number of anilines is 1. The number of rotatable bonds is 3. The highest BCUT2D eigenvalue weighted by molar-refractivity contribution is 9.11. The number of nitrogens with one attached hydrogen (secondary N) is 1. The Hall–Kier alpha value is -0.840. The summed E-state index contributed by atoms with van der Waals surface area (Å²) >= 11 is 9.71. The fourth-order valence-electron chi connectivity index (χ4n) is 1.29. The summed E-state index contributed by atoms with van der Waals surface area (Å²) in [6, 6.07) is 2.91. The number of hydrogen-bond donors (Lipinski definition) is 1. The van der Waals surface area contributed by atoms with Gasteiger partial charge in [0.2, 0.25) is 0 Å². The molecule has 2 heterocycles. The molecule has 0 bridgehead atoms. The first-order chi connectivity index (χ1) is 9.59. The van der Waals surface area contributed by atoms with Crippen molar-refractivity contribution in [2.75, 3.05) is 4.72 Å². The number of pyridine rings is 1. The van der Waals surface area contributed by atoms with Crippen molar-refractivity contribution in [3.63, 3.8) is 0 Å². The quantitative estimate of drug-likeness (QED) is 0.800. The second-order valence-electron chi connectivity index (χ2n) is 3.72. The van der Waals surface area contributed by atoms with E-state index in [1.807, 2.05) is 0 Å². The monoisotopic (exact) mass is 420 g/mol. The maximum atomic E-state index is 12.4. The maximum absolute atomic E-state index is 12.4. The van der Waals surface area contributed by atoms with E-state index in [0.717, 1.165) is 23.6 Å². The molecule has 4 nitrogen and oxygen atoms in total. The summed E-state index contributed by atoms with van der Waals surface area (Å²) in [7, 11) is -3.93. The molecule has 0 spiro atoms. The van der Waals surface area contributed by atoms with Gasteiger partial charge in [0.1, 0.15) is 9.90 Å². The molecule has 0 radical (unpaired) electrons. The predicted octanol–water partition coefficient (Wildman–Crippen LogP) is 4.38. The lowest BCUT2D eigenvalue weighted by molar-refractivity contribution is -0.141. The summed E-state index contributed by atoms with van der Waals surface area (Å²) in [6.07, 6.45) is -3.78. The number of aromatic nitrogens is 1. The van der Waals surface area contributed by atoms with Crippen molar-refractivity contribution >= 4 is 54.6 Å². The molecule has 1 N–H and O–H groups in total. The molecule has 0 aromatic carbocycles. The Balaban J connectivity index is 2.25. The normalized spacial score (nSPS) is 12.4. The Morgan fingerprint density at radius 1 is 1.33 bits per heavy atom. The second kappa shape index (κ2) is 5.75. The molecule has 0 aliphatic carbocycles. The number of sulfonamides is 1. The molecule has 114 valence electrons. The molecule has 0 saturated heterocycles. The Labute approximate surface area is 135 Å². The molecule has 0 aliphatic heterocycles. The lowest BCUT2D eigenvalue weighted by atomic mass is 10.3. The van der Waals surface area contributed by atoms with E-state index in [1.165, 1.54) is 6.07 Å². The molecule has 0 unspecified atom stereocenters. The van der Waals surface area contributed by atoms with Crippen LogP contribution in [0.2, 0.25) is 5.02 Å². The zero-order valence-corrected chi connectivity index (χ0v) is 13.8. The SMILES string of the molecule is O=S(=O)(Nc1ccc(C(F)(F)F)nc1)c1cc(Cl)c(Br)s1. The average Bonchev–Trinajstić information content (AvgIpc) is 2.69. The lowest BCUT2D eigenvalue weighted by Gasteiger charge is -2.08. The summed E-state index contributed by atoms with van der Waals surface area (Å²) < 4.78 is 63.6. The summed E-state index contributed by atoms with van der Waals surface area (Å²) in [5.41, 5.74) is -1.18. The fourth-order valence-corrected chi connectivity index (χ4v) is 4.73. The molecule has 2 aromatic rings. The van der Waals surface area contributed by atoms with Gasteiger partial charge in [-0.2, -0.15) is 13.2 Å². The van der Waals surface area contributed by atoms with Gasteiger partial charge in [-0.1, -0.05) is 11.6 Å². The first-order valence-corrected chi connectivity index (χ1v) is 8.57. The van der Waals surface area contributed by atoms with Gasteiger partial charge in [-0.3, -0.25) is 4.72 Å². The van der Waals surface area contributed by atoms with Crippen molar-refractivity contribution in [1.29, 1.82) is 0 Å². The third-order valence-corrected chi connectivity index (χ3v) is 6.52. The van der Waals surface area contributed by atoms with Crippen LogP contribution in [-0.4, -0.2) is 13.4 Å². The smallest absolute Gasteiger partial charge is 0.277 e. The third kappa shape index (κ3) is 3.87. The number of alkyl halides is 3. The van der Waals surface area contributed by atoms with Crippen molar-refractivity contribution < 1.29 is 21.6 Å². The molecule has 0 saturated carbocycles. The minimum atomic E-state index is -4.58. The van der Waals surface area contributed by atoms with Crippen LogP contribution < -0.4 is 4.72 Å². The molecule has 2 aromatic heterocycles. The zero-order valence-electron chi connectivity index (χ0n) is 9.78. The largest absolute Gasteiger partial charge is 0.433 e. The van der Waals surface area contributed by atoms with Gasteiger partial charge < -0.3 is 0 Å². The number of thiophene rings is 1. The second-order valence-corrected chi connectivity index (χ2v) is 8.41. The van der Waals surface area contributed by atoms with Gasteiger partial charge in [-0.25, -0.2) is 13.4 Å². The van der Waals surface area contributed by atoms with Crippen LogP contribution in [0.4, 0.5) is 18.9 Å². The topological polar surface area (TPSA) is 59.1 Å². The van der Waals surface area contributed by atoms with E-state index in [1.54, 1.807) is 0 Å². The van der Waals surface area contributed by atoms with Crippen molar-refractivity contribution in [1.82, 2.24) is 4.98 Å². The molecule has 0 atom stereocenters. The van der Waals surface area contributed by atoms with Crippen LogP contribution in [-0.2, 0) is 16.2 Å². The van der Waals surface area contributed by atoms with Crippen LogP contribution in [0.3, 0.4) is 0 Å². The molecule has 0 fully saturated rings. The van der Waals surface area contributed by atoms with E-state index in [-0.39, 0.29) is 14.9 Å². The summed E-state index contributed by atoms with van der Waals surface area (Å²) in [5, 5.41) is 0.228. The molecule has 2 rings (SSSR count). The minimum Gasteiger partial charge on any atom is -0.277 e. The highest BCUT2D eigenvalue weighted by atomic mass is 79.9. The summed E-state index contributed by atoms with van der Waals surface area (Å²) in [6.45, 7) is 0. The van der Waals surface area contributed by atoms with Crippen LogP contribution in [0.1, 0.15) is 5.69 Å². The van der Waals surface area contributed by atoms with Gasteiger partial charge in [0.25, 0.3) is 10.0 Å². The first-order valence-electron chi connectivity index (χ1n) is 5.10. The van der Waals surface area contributed by atoms with Crippen LogP contribution in [0, 0.1) is 0 Å². The third-order valence-electron chi connectivity index (χ3n) is 2.19. The summed E-state index contributed by atoms with van der Waals surface area (Å²) in [4.78, 5) is 3.17. The molecule has 11 heteroatoms. The standard InChI is InChI=1S/C10H5BrClF3N2O2S2/c11-9-6(12)3-8(20-9)21(18,19)17-5-1-2-7(16-4-5)10(13,14)15/h1-4,17H. The predicted molar refractivity (Wildman–Crippen MR) is 77.1 cm³/mol. The lowest BCUT2D eigenvalue weighted by Crippen LogP contribution is -2.13. The van der Waals surface area contributed by atoms with Crippen molar-refractivity contribution in [2.45, 2.75) is 10.4 Å². The molecular formula is C10H5BrClF3N2O2S2. The van der Waals surface area contributed by atoms with Gasteiger partial charge in [-0.05, 0) is 34.1 Å². The highest BCUT2D eigenvalue weighted by Gasteiger charge is 2.32. The van der Waals surface area contributed by atoms with Gasteiger partial charge in [0, 0.05) is 0 Å². The van der Waals surface area contributed by atoms with Crippen LogP contribution in [0.5, 0.6) is 0 Å². The van der Waals surface area contributed by atoms with E-state index in [9.17, 15) is 21.6 Å². The molecule has 0 amide bonds. The fraction of sp³-hybridized carbons (Fsp3) is 0.100. The van der Waals surface area contributed by atoms with E-state index in [2.05, 4.69) is 25.6 Å². The van der Waals surface area contributed by atoms with Crippen LogP contribution >= 0.6 is 38.9 Å². The van der Waals surface area contributed by atoms with E-state index >= 15 is 0 Å². The van der Waals surface area contributed by atoms with Crippen molar-refractivity contribution in [2.24, 2.45) is 0 Å². The van der Waals surface area contributed by atoms with Gasteiger partial charge >= 0.3 is 6.18 Å². The van der Waals surface area contributed by atoms with Gasteiger partial charge in [-0.15, -0.1) is 11.3 Å². The first kappa shape index (κ1) is 16.5. The number of halogens is 5. The Bertz CT molecular complexity index is 740. The Kier molecular flexibility index (Phi) is 4.52. The summed E-state index contributed by atoms with van der Waals surface area (Å²) in [5.74, 6) is 0. The number of nitrogens with zero attached hydrogens (tertiary/aromatic N) is 1. The van der Waals surface area contributed by atoms with E-state index < -0.39 is 21.9 Å². The van der Waals surface area contributed by atoms with Crippen LogP contribution in [0.25, 0.3) is 0 Å². The van der Waals surface area contributed by atoms with Crippen LogP contribution in [0.15, 0.2) is 32.4 Å². The average molecular weight is 422 g/mol.